The van der Waals surface area contributed by atoms with Crippen LogP contribution in [-0.4, -0.2) is 19.6 Å². The van der Waals surface area contributed by atoms with Crippen molar-refractivity contribution in [2.45, 2.75) is 59.4 Å². The van der Waals surface area contributed by atoms with Crippen molar-refractivity contribution in [2.75, 3.05) is 24.5 Å². The topological polar surface area (TPSA) is 15.3 Å². The molecule has 0 aromatic heterocycles. The molecule has 2 nitrogen and oxygen atoms in total. The minimum Gasteiger partial charge on any atom is -0.370 e. The number of nitrogens with zero attached hydrogens (tertiary/aromatic N) is 1. The van der Waals surface area contributed by atoms with Gasteiger partial charge < -0.3 is 10.2 Å². The lowest BCUT2D eigenvalue weighted by Crippen LogP contribution is -2.56. The quantitative estimate of drug-likeness (QED) is 0.741. The summed E-state index contributed by atoms with van der Waals surface area (Å²) in [6.45, 7) is 12.5. The lowest BCUT2D eigenvalue weighted by molar-refractivity contribution is 0.173. The molecule has 1 aliphatic rings. The van der Waals surface area contributed by atoms with Crippen LogP contribution < -0.4 is 10.2 Å². The third-order valence-corrected chi connectivity index (χ3v) is 4.88. The molecule has 1 fully saturated rings. The van der Waals surface area contributed by atoms with E-state index in [-0.39, 0.29) is 0 Å². The fraction of sp³-hybridized carbons (Fsp3) is 0.684. The van der Waals surface area contributed by atoms with E-state index in [1.165, 1.54) is 50.0 Å². The van der Waals surface area contributed by atoms with Gasteiger partial charge in [0.15, 0.2) is 0 Å². The van der Waals surface area contributed by atoms with Crippen molar-refractivity contribution in [3.8, 4) is 0 Å². The van der Waals surface area contributed by atoms with Crippen LogP contribution in [-0.2, 0) is 0 Å². The van der Waals surface area contributed by atoms with Gasteiger partial charge in [0.1, 0.15) is 0 Å². The Hall–Kier alpha value is -1.02. The summed E-state index contributed by atoms with van der Waals surface area (Å²) in [5, 5.41) is 3.47. The number of hydrogen-bond donors (Lipinski definition) is 1. The van der Waals surface area contributed by atoms with Crippen LogP contribution in [0, 0.1) is 5.41 Å². The van der Waals surface area contributed by atoms with Crippen LogP contribution in [0.5, 0.6) is 0 Å². The predicted octanol–water partition coefficient (Wildman–Crippen LogP) is 4.76. The van der Waals surface area contributed by atoms with Gasteiger partial charge in [-0.05, 0) is 44.0 Å². The van der Waals surface area contributed by atoms with Gasteiger partial charge in [-0.3, -0.25) is 0 Å². The van der Waals surface area contributed by atoms with E-state index in [9.17, 15) is 0 Å². The summed E-state index contributed by atoms with van der Waals surface area (Å²) in [5.74, 6) is 0. The maximum absolute atomic E-state index is 3.47. The lowest BCUT2D eigenvalue weighted by Gasteiger charge is -2.52. The molecular formula is C19H32N2. The van der Waals surface area contributed by atoms with Gasteiger partial charge in [-0.15, -0.1) is 0 Å². The fourth-order valence-electron chi connectivity index (χ4n) is 3.85. The summed E-state index contributed by atoms with van der Waals surface area (Å²) in [5.41, 5.74) is 3.37. The molecule has 1 unspecified atom stereocenters. The standard InChI is InChI=1S/C19H32N2/c1-5-12-19(13-6-2)14-21(15-19)18-10-8-17(9-11-18)16(4)20-7-3/h8-11,16,20H,5-7,12-15H2,1-4H3. The van der Waals surface area contributed by atoms with E-state index < -0.39 is 0 Å². The Morgan fingerprint density at radius 2 is 1.62 bits per heavy atom. The van der Waals surface area contributed by atoms with Crippen LogP contribution in [0.4, 0.5) is 5.69 Å². The van der Waals surface area contributed by atoms with Gasteiger partial charge in [0.2, 0.25) is 0 Å². The van der Waals surface area contributed by atoms with Gasteiger partial charge in [0.05, 0.1) is 0 Å². The van der Waals surface area contributed by atoms with E-state index in [0.717, 1.165) is 6.54 Å². The van der Waals surface area contributed by atoms with Crippen LogP contribution in [0.2, 0.25) is 0 Å². The average Bonchev–Trinajstić information content (AvgIpc) is 2.45. The maximum Gasteiger partial charge on any atom is 0.0366 e. The van der Waals surface area contributed by atoms with Crippen LogP contribution in [0.15, 0.2) is 24.3 Å². The molecular weight excluding hydrogens is 256 g/mol. The highest BCUT2D eigenvalue weighted by Gasteiger charge is 2.41. The summed E-state index contributed by atoms with van der Waals surface area (Å²) < 4.78 is 0. The Morgan fingerprint density at radius 1 is 1.05 bits per heavy atom. The zero-order valence-corrected chi connectivity index (χ0v) is 14.3. The second-order valence-electron chi connectivity index (χ2n) is 6.73. The molecule has 118 valence electrons. The Balaban J connectivity index is 1.95. The molecule has 1 atom stereocenters. The van der Waals surface area contributed by atoms with Crippen molar-refractivity contribution in [3.63, 3.8) is 0 Å². The van der Waals surface area contributed by atoms with E-state index in [2.05, 4.69) is 62.2 Å². The first kappa shape index (κ1) is 16.4. The number of nitrogens with one attached hydrogen (secondary N) is 1. The van der Waals surface area contributed by atoms with Gasteiger partial charge in [-0.1, -0.05) is 45.7 Å². The maximum atomic E-state index is 3.47. The summed E-state index contributed by atoms with van der Waals surface area (Å²) in [4.78, 5) is 2.55. The molecule has 0 radical (unpaired) electrons. The van der Waals surface area contributed by atoms with Crippen molar-refractivity contribution < 1.29 is 0 Å². The Labute approximate surface area is 130 Å². The van der Waals surface area contributed by atoms with E-state index in [1.807, 2.05) is 0 Å². The molecule has 1 aromatic rings. The van der Waals surface area contributed by atoms with E-state index in [4.69, 9.17) is 0 Å². The number of hydrogen-bond acceptors (Lipinski definition) is 2. The van der Waals surface area contributed by atoms with Gasteiger partial charge in [0.25, 0.3) is 0 Å². The fourth-order valence-corrected chi connectivity index (χ4v) is 3.85. The highest BCUT2D eigenvalue weighted by Crippen LogP contribution is 2.41. The molecule has 1 heterocycles. The minimum atomic E-state index is 0.444. The van der Waals surface area contributed by atoms with Gasteiger partial charge in [-0.2, -0.15) is 0 Å². The minimum absolute atomic E-state index is 0.444. The van der Waals surface area contributed by atoms with Crippen LogP contribution in [0.3, 0.4) is 0 Å². The van der Waals surface area contributed by atoms with E-state index in [0.29, 0.717) is 11.5 Å². The van der Waals surface area contributed by atoms with Gasteiger partial charge in [0, 0.05) is 30.2 Å². The first-order chi connectivity index (χ1) is 10.1. The number of benzene rings is 1. The molecule has 1 saturated heterocycles. The van der Waals surface area contributed by atoms with Crippen molar-refractivity contribution in [2.24, 2.45) is 5.41 Å². The molecule has 1 N–H and O–H groups in total. The second kappa shape index (κ2) is 7.31. The summed E-state index contributed by atoms with van der Waals surface area (Å²) in [6.07, 6.45) is 5.39. The van der Waals surface area contributed by atoms with Crippen molar-refractivity contribution in [1.82, 2.24) is 5.32 Å². The van der Waals surface area contributed by atoms with Crippen LogP contribution in [0.25, 0.3) is 0 Å². The lowest BCUT2D eigenvalue weighted by atomic mass is 9.72. The first-order valence-corrected chi connectivity index (χ1v) is 8.72. The van der Waals surface area contributed by atoms with Gasteiger partial charge in [-0.25, -0.2) is 0 Å². The summed E-state index contributed by atoms with van der Waals surface area (Å²) in [7, 11) is 0. The highest BCUT2D eigenvalue weighted by molar-refractivity contribution is 5.51. The number of anilines is 1. The second-order valence-corrected chi connectivity index (χ2v) is 6.73. The van der Waals surface area contributed by atoms with E-state index in [1.54, 1.807) is 0 Å². The first-order valence-electron chi connectivity index (χ1n) is 8.72. The van der Waals surface area contributed by atoms with Crippen LogP contribution >= 0.6 is 0 Å². The number of rotatable bonds is 8. The largest absolute Gasteiger partial charge is 0.370 e. The smallest absolute Gasteiger partial charge is 0.0366 e. The monoisotopic (exact) mass is 288 g/mol. The molecule has 2 rings (SSSR count). The molecule has 0 aliphatic carbocycles. The van der Waals surface area contributed by atoms with Crippen molar-refractivity contribution in [1.29, 1.82) is 0 Å². The van der Waals surface area contributed by atoms with E-state index >= 15 is 0 Å². The summed E-state index contributed by atoms with van der Waals surface area (Å²) >= 11 is 0. The van der Waals surface area contributed by atoms with Crippen molar-refractivity contribution >= 4 is 5.69 Å². The molecule has 2 heteroatoms. The van der Waals surface area contributed by atoms with Crippen LogP contribution in [0.1, 0.15) is 65.0 Å². The Kier molecular flexibility index (Phi) is 5.69. The third kappa shape index (κ3) is 3.79. The Morgan fingerprint density at radius 3 is 2.10 bits per heavy atom. The molecule has 0 spiro atoms. The molecule has 1 aromatic carbocycles. The average molecular weight is 288 g/mol. The Bertz CT molecular complexity index is 410. The summed E-state index contributed by atoms with van der Waals surface area (Å²) in [6, 6.07) is 9.60. The SMILES string of the molecule is CCCC1(CCC)CN(c2ccc(C(C)NCC)cc2)C1. The normalized spacial score (nSPS) is 18.4. The highest BCUT2D eigenvalue weighted by atomic mass is 15.2. The predicted molar refractivity (Wildman–Crippen MR) is 93.0 cm³/mol. The zero-order valence-electron chi connectivity index (χ0n) is 14.3. The molecule has 0 bridgehead atoms. The molecule has 0 amide bonds. The zero-order chi connectivity index (χ0) is 15.3. The molecule has 1 aliphatic heterocycles. The molecule has 21 heavy (non-hydrogen) atoms. The van der Waals surface area contributed by atoms with Crippen molar-refractivity contribution in [3.05, 3.63) is 29.8 Å². The van der Waals surface area contributed by atoms with Gasteiger partial charge >= 0.3 is 0 Å². The molecule has 0 saturated carbocycles. The third-order valence-electron chi connectivity index (χ3n) is 4.88.